The summed E-state index contributed by atoms with van der Waals surface area (Å²) in [6.45, 7) is 2.07. The zero-order chi connectivity index (χ0) is 17.1. The van der Waals surface area contributed by atoms with E-state index in [1.165, 1.54) is 6.07 Å². The number of aromatic nitrogens is 1. The summed E-state index contributed by atoms with van der Waals surface area (Å²) in [5.41, 5.74) is 0.942. The van der Waals surface area contributed by atoms with Gasteiger partial charge in [0.05, 0.1) is 0 Å². The minimum absolute atomic E-state index is 0.131. The van der Waals surface area contributed by atoms with E-state index >= 15 is 0 Å². The van der Waals surface area contributed by atoms with Crippen LogP contribution in [0.3, 0.4) is 0 Å². The molecule has 1 aliphatic carbocycles. The molecule has 1 amide bonds. The third-order valence-electron chi connectivity index (χ3n) is 3.90. The van der Waals surface area contributed by atoms with Gasteiger partial charge in [-0.25, -0.2) is 8.78 Å². The number of benzene rings is 1. The van der Waals surface area contributed by atoms with Crippen LogP contribution in [0.4, 0.5) is 8.78 Å². The van der Waals surface area contributed by atoms with Crippen molar-refractivity contribution in [3.8, 4) is 5.75 Å². The molecule has 1 aromatic carbocycles. The molecule has 1 aliphatic rings. The summed E-state index contributed by atoms with van der Waals surface area (Å²) in [5, 5.41) is 0. The van der Waals surface area contributed by atoms with Gasteiger partial charge in [-0.2, -0.15) is 0 Å². The van der Waals surface area contributed by atoms with Crippen molar-refractivity contribution in [1.29, 1.82) is 0 Å². The number of carbonyl (C=O) groups excluding carboxylic acids is 1. The van der Waals surface area contributed by atoms with E-state index in [4.69, 9.17) is 4.74 Å². The molecule has 0 saturated heterocycles. The maximum atomic E-state index is 13.3. The van der Waals surface area contributed by atoms with Crippen LogP contribution in [0, 0.1) is 11.6 Å². The fourth-order valence-electron chi connectivity index (χ4n) is 2.50. The molecule has 2 aromatic rings. The Hall–Kier alpha value is -2.50. The van der Waals surface area contributed by atoms with Crippen molar-refractivity contribution >= 4 is 5.91 Å². The SMILES string of the molecule is C[C@H](Oc1ccc(F)c(F)c1)C(=O)N(Cc1cccnc1)C1CC1. The van der Waals surface area contributed by atoms with Gasteiger partial charge in [0.25, 0.3) is 5.91 Å². The number of hydrogen-bond donors (Lipinski definition) is 0. The highest BCUT2D eigenvalue weighted by Gasteiger charge is 2.35. The van der Waals surface area contributed by atoms with Crippen LogP contribution < -0.4 is 4.74 Å². The maximum absolute atomic E-state index is 13.3. The molecule has 1 fully saturated rings. The second kappa shape index (κ2) is 6.95. The van der Waals surface area contributed by atoms with E-state index < -0.39 is 17.7 Å². The van der Waals surface area contributed by atoms with E-state index in [0.717, 1.165) is 30.5 Å². The molecule has 24 heavy (non-hydrogen) atoms. The first-order chi connectivity index (χ1) is 11.5. The van der Waals surface area contributed by atoms with Crippen molar-refractivity contribution < 1.29 is 18.3 Å². The molecule has 1 heterocycles. The van der Waals surface area contributed by atoms with Crippen molar-refractivity contribution in [3.63, 3.8) is 0 Å². The lowest BCUT2D eigenvalue weighted by molar-refractivity contribution is -0.139. The zero-order valence-electron chi connectivity index (χ0n) is 13.3. The molecule has 1 atom stereocenters. The second-order valence-electron chi connectivity index (χ2n) is 5.89. The summed E-state index contributed by atoms with van der Waals surface area (Å²) >= 11 is 0. The van der Waals surface area contributed by atoms with Crippen LogP contribution in [0.1, 0.15) is 25.3 Å². The Bertz CT molecular complexity index is 720. The lowest BCUT2D eigenvalue weighted by Gasteiger charge is -2.26. The van der Waals surface area contributed by atoms with Gasteiger partial charge in [-0.1, -0.05) is 6.07 Å². The number of nitrogens with zero attached hydrogens (tertiary/aromatic N) is 2. The molecule has 4 nitrogen and oxygen atoms in total. The number of hydrogen-bond acceptors (Lipinski definition) is 3. The Morgan fingerprint density at radius 3 is 2.75 bits per heavy atom. The predicted octanol–water partition coefficient (Wildman–Crippen LogP) is 3.32. The maximum Gasteiger partial charge on any atom is 0.263 e. The molecule has 1 saturated carbocycles. The van der Waals surface area contributed by atoms with Crippen LogP contribution in [0.25, 0.3) is 0 Å². The van der Waals surface area contributed by atoms with Crippen molar-refractivity contribution in [2.45, 2.75) is 38.5 Å². The van der Waals surface area contributed by atoms with Crippen LogP contribution in [0.5, 0.6) is 5.75 Å². The number of carbonyl (C=O) groups is 1. The number of ether oxygens (including phenoxy) is 1. The predicted molar refractivity (Wildman–Crippen MR) is 84.3 cm³/mol. The molecule has 0 N–H and O–H groups in total. The molecule has 0 unspecified atom stereocenters. The summed E-state index contributed by atoms with van der Waals surface area (Å²) in [6.07, 6.45) is 4.55. The Kier molecular flexibility index (Phi) is 4.74. The number of halogens is 2. The molecule has 1 aromatic heterocycles. The van der Waals surface area contributed by atoms with E-state index in [2.05, 4.69) is 4.98 Å². The lowest BCUT2D eigenvalue weighted by Crippen LogP contribution is -2.41. The van der Waals surface area contributed by atoms with Crippen LogP contribution >= 0.6 is 0 Å². The Morgan fingerprint density at radius 1 is 1.33 bits per heavy atom. The van der Waals surface area contributed by atoms with Gasteiger partial charge in [0.2, 0.25) is 0 Å². The quantitative estimate of drug-likeness (QED) is 0.815. The highest BCUT2D eigenvalue weighted by atomic mass is 19.2. The smallest absolute Gasteiger partial charge is 0.263 e. The van der Waals surface area contributed by atoms with Gasteiger partial charge in [-0.05, 0) is 43.5 Å². The first-order valence-corrected chi connectivity index (χ1v) is 7.85. The fraction of sp³-hybridized carbons (Fsp3) is 0.333. The average molecular weight is 332 g/mol. The highest BCUT2D eigenvalue weighted by Crippen LogP contribution is 2.29. The number of amides is 1. The molecule has 126 valence electrons. The number of pyridine rings is 1. The van der Waals surface area contributed by atoms with Crippen molar-refractivity contribution in [1.82, 2.24) is 9.88 Å². The van der Waals surface area contributed by atoms with Crippen LogP contribution in [-0.4, -0.2) is 27.9 Å². The first-order valence-electron chi connectivity index (χ1n) is 7.85. The van der Waals surface area contributed by atoms with Gasteiger partial charge >= 0.3 is 0 Å². The molecule has 0 radical (unpaired) electrons. The minimum atomic E-state index is -0.999. The Labute approximate surface area is 139 Å². The highest BCUT2D eigenvalue weighted by molar-refractivity contribution is 5.81. The van der Waals surface area contributed by atoms with E-state index in [-0.39, 0.29) is 17.7 Å². The first kappa shape index (κ1) is 16.4. The van der Waals surface area contributed by atoms with Crippen molar-refractivity contribution in [2.24, 2.45) is 0 Å². The van der Waals surface area contributed by atoms with Gasteiger partial charge in [0.15, 0.2) is 17.7 Å². The van der Waals surface area contributed by atoms with E-state index in [1.807, 2.05) is 12.1 Å². The molecule has 3 rings (SSSR count). The summed E-state index contributed by atoms with van der Waals surface area (Å²) < 4.78 is 31.7. The average Bonchev–Trinajstić information content (AvgIpc) is 3.41. The summed E-state index contributed by atoms with van der Waals surface area (Å²) in [6, 6.07) is 7.18. The van der Waals surface area contributed by atoms with Crippen LogP contribution in [-0.2, 0) is 11.3 Å². The molecule has 6 heteroatoms. The molecule has 0 spiro atoms. The zero-order valence-corrected chi connectivity index (χ0v) is 13.3. The number of rotatable bonds is 6. The van der Waals surface area contributed by atoms with Gasteiger partial charge in [-0.15, -0.1) is 0 Å². The van der Waals surface area contributed by atoms with E-state index in [1.54, 1.807) is 24.2 Å². The largest absolute Gasteiger partial charge is 0.481 e. The minimum Gasteiger partial charge on any atom is -0.481 e. The second-order valence-corrected chi connectivity index (χ2v) is 5.89. The van der Waals surface area contributed by atoms with Gasteiger partial charge in [0.1, 0.15) is 5.75 Å². The van der Waals surface area contributed by atoms with Crippen LogP contribution in [0.2, 0.25) is 0 Å². The monoisotopic (exact) mass is 332 g/mol. The molecular weight excluding hydrogens is 314 g/mol. The van der Waals surface area contributed by atoms with Crippen molar-refractivity contribution in [2.75, 3.05) is 0 Å². The van der Waals surface area contributed by atoms with Gasteiger partial charge in [0, 0.05) is 31.0 Å². The van der Waals surface area contributed by atoms with Crippen LogP contribution in [0.15, 0.2) is 42.7 Å². The Balaban J connectivity index is 1.68. The third-order valence-corrected chi connectivity index (χ3v) is 3.90. The van der Waals surface area contributed by atoms with E-state index in [9.17, 15) is 13.6 Å². The molecule has 0 bridgehead atoms. The van der Waals surface area contributed by atoms with Gasteiger partial charge in [-0.3, -0.25) is 9.78 Å². The third kappa shape index (κ3) is 3.88. The fourth-order valence-corrected chi connectivity index (χ4v) is 2.50. The normalized spacial score (nSPS) is 15.0. The Morgan fingerprint density at radius 2 is 2.12 bits per heavy atom. The lowest BCUT2D eigenvalue weighted by atomic mass is 10.2. The summed E-state index contributed by atoms with van der Waals surface area (Å²) in [4.78, 5) is 18.5. The van der Waals surface area contributed by atoms with E-state index in [0.29, 0.717) is 6.54 Å². The molecular formula is C18H18F2N2O2. The summed E-state index contributed by atoms with van der Waals surface area (Å²) in [7, 11) is 0. The molecule has 0 aliphatic heterocycles. The standard InChI is InChI=1S/C18H18F2N2O2/c1-12(24-15-6-7-16(19)17(20)9-15)18(23)22(14-4-5-14)11-13-3-2-8-21-10-13/h2-3,6-10,12,14H,4-5,11H2,1H3/t12-/m0/s1. The summed E-state index contributed by atoms with van der Waals surface area (Å²) in [5.74, 6) is -1.99. The van der Waals surface area contributed by atoms with Crippen molar-refractivity contribution in [3.05, 3.63) is 59.9 Å². The van der Waals surface area contributed by atoms with Gasteiger partial charge < -0.3 is 9.64 Å². The topological polar surface area (TPSA) is 42.4 Å².